The largest absolute Gasteiger partial charge is 0.393 e. The predicted octanol–water partition coefficient (Wildman–Crippen LogP) is 0.886. The number of benzene rings is 1. The lowest BCUT2D eigenvalue weighted by molar-refractivity contribution is -0.119. The van der Waals surface area contributed by atoms with Crippen LogP contribution >= 0.6 is 0 Å². The van der Waals surface area contributed by atoms with E-state index < -0.39 is 0 Å². The van der Waals surface area contributed by atoms with E-state index in [9.17, 15) is 4.79 Å². The number of amides is 1. The number of likely N-dealkylation sites (N-methyl/N-ethyl adjacent to an activating group) is 1. The van der Waals surface area contributed by atoms with Crippen molar-refractivity contribution in [2.45, 2.75) is 13.3 Å². The van der Waals surface area contributed by atoms with Crippen LogP contribution in [0.5, 0.6) is 0 Å². The van der Waals surface area contributed by atoms with Crippen molar-refractivity contribution in [3.05, 3.63) is 42.2 Å². The molecule has 1 aliphatic heterocycles. The van der Waals surface area contributed by atoms with Gasteiger partial charge in [0.2, 0.25) is 5.91 Å². The highest BCUT2D eigenvalue weighted by atomic mass is 16.2. The number of hydrazine groups is 1. The molecule has 2 heterocycles. The zero-order valence-corrected chi connectivity index (χ0v) is 15.0. The lowest BCUT2D eigenvalue weighted by Gasteiger charge is -2.35. The van der Waals surface area contributed by atoms with Crippen LogP contribution in [0.4, 0.5) is 17.3 Å². The van der Waals surface area contributed by atoms with E-state index in [1.807, 2.05) is 30.3 Å². The monoisotopic (exact) mass is 355 g/mol. The number of hydrogen-bond donors (Lipinski definition) is 3. The first kappa shape index (κ1) is 17.9. The number of nitrogens with two attached hydrogens (primary N) is 1. The molecule has 0 saturated carbocycles. The molecule has 0 atom stereocenters. The maximum absolute atomic E-state index is 12.1. The number of nitrogens with one attached hydrogen (secondary N) is 2. The highest BCUT2D eigenvalue weighted by Crippen LogP contribution is 2.26. The highest BCUT2D eigenvalue weighted by Gasteiger charge is 2.20. The van der Waals surface area contributed by atoms with Gasteiger partial charge in [0.25, 0.3) is 0 Å². The summed E-state index contributed by atoms with van der Waals surface area (Å²) < 4.78 is 0. The van der Waals surface area contributed by atoms with Crippen molar-refractivity contribution < 1.29 is 4.79 Å². The molecule has 4 N–H and O–H groups in total. The van der Waals surface area contributed by atoms with Gasteiger partial charge in [0.1, 0.15) is 12.0 Å². The molecule has 1 amide bonds. The van der Waals surface area contributed by atoms with Crippen LogP contribution in [0.15, 0.2) is 36.7 Å². The fourth-order valence-electron chi connectivity index (χ4n) is 2.97. The van der Waals surface area contributed by atoms with E-state index in [1.54, 1.807) is 0 Å². The number of piperazine rings is 1. The zero-order chi connectivity index (χ0) is 18.4. The fourth-order valence-corrected chi connectivity index (χ4v) is 2.97. The van der Waals surface area contributed by atoms with Gasteiger partial charge in [0.15, 0.2) is 11.6 Å². The second-order valence-electron chi connectivity index (χ2n) is 6.22. The SMILES string of the molecule is CCN1CCN(c2ncnc(NNC(=O)Cc3ccccc3)c2N)CC1. The van der Waals surface area contributed by atoms with Crippen molar-refractivity contribution in [3.8, 4) is 0 Å². The molecule has 1 saturated heterocycles. The maximum atomic E-state index is 12.1. The van der Waals surface area contributed by atoms with Gasteiger partial charge in [-0.3, -0.25) is 15.6 Å². The Morgan fingerprint density at radius 2 is 1.88 bits per heavy atom. The Kier molecular flexibility index (Phi) is 5.85. The third-order valence-corrected chi connectivity index (χ3v) is 4.51. The Bertz CT molecular complexity index is 730. The Hall–Kier alpha value is -2.87. The normalized spacial score (nSPS) is 14.9. The summed E-state index contributed by atoms with van der Waals surface area (Å²) >= 11 is 0. The van der Waals surface area contributed by atoms with Crippen molar-refractivity contribution >= 4 is 23.2 Å². The van der Waals surface area contributed by atoms with Gasteiger partial charge in [-0.2, -0.15) is 0 Å². The van der Waals surface area contributed by atoms with Crippen molar-refractivity contribution in [3.63, 3.8) is 0 Å². The van der Waals surface area contributed by atoms with Crippen LogP contribution in [0.1, 0.15) is 12.5 Å². The Morgan fingerprint density at radius 3 is 2.58 bits per heavy atom. The molecule has 1 aromatic carbocycles. The molecule has 1 fully saturated rings. The third kappa shape index (κ3) is 4.40. The van der Waals surface area contributed by atoms with Gasteiger partial charge >= 0.3 is 0 Å². The molecule has 26 heavy (non-hydrogen) atoms. The zero-order valence-electron chi connectivity index (χ0n) is 15.0. The fraction of sp³-hybridized carbons (Fsp3) is 0.389. The number of anilines is 3. The molecule has 0 radical (unpaired) electrons. The number of nitrogen functional groups attached to an aromatic ring is 1. The molecule has 0 unspecified atom stereocenters. The van der Waals surface area contributed by atoms with Gasteiger partial charge in [0.05, 0.1) is 6.42 Å². The summed E-state index contributed by atoms with van der Waals surface area (Å²) in [7, 11) is 0. The quantitative estimate of drug-likeness (QED) is 0.662. The summed E-state index contributed by atoms with van der Waals surface area (Å²) in [6, 6.07) is 9.55. The first-order valence-corrected chi connectivity index (χ1v) is 8.84. The second-order valence-corrected chi connectivity index (χ2v) is 6.22. The van der Waals surface area contributed by atoms with Crippen molar-refractivity contribution in [1.82, 2.24) is 20.3 Å². The van der Waals surface area contributed by atoms with E-state index in [0.29, 0.717) is 17.3 Å². The molecule has 138 valence electrons. The topological polar surface area (TPSA) is 99.4 Å². The maximum Gasteiger partial charge on any atom is 0.242 e. The van der Waals surface area contributed by atoms with Crippen LogP contribution in [0, 0.1) is 0 Å². The minimum Gasteiger partial charge on any atom is -0.393 e. The number of carbonyl (C=O) groups is 1. The average molecular weight is 355 g/mol. The summed E-state index contributed by atoms with van der Waals surface area (Å²) in [5.74, 6) is 0.956. The molecule has 8 nitrogen and oxygen atoms in total. The number of carbonyl (C=O) groups excluding carboxylic acids is 1. The van der Waals surface area contributed by atoms with Gasteiger partial charge in [0, 0.05) is 26.2 Å². The molecule has 0 bridgehead atoms. The van der Waals surface area contributed by atoms with Gasteiger partial charge in [-0.25, -0.2) is 9.97 Å². The van der Waals surface area contributed by atoms with Crippen molar-refractivity contribution in [1.29, 1.82) is 0 Å². The lowest BCUT2D eigenvalue weighted by atomic mass is 10.1. The van der Waals surface area contributed by atoms with Gasteiger partial charge in [-0.15, -0.1) is 0 Å². The molecular weight excluding hydrogens is 330 g/mol. The van der Waals surface area contributed by atoms with Gasteiger partial charge < -0.3 is 15.5 Å². The number of nitrogens with zero attached hydrogens (tertiary/aromatic N) is 4. The molecule has 1 aromatic heterocycles. The van der Waals surface area contributed by atoms with Crippen LogP contribution in [-0.4, -0.2) is 53.5 Å². The van der Waals surface area contributed by atoms with Crippen LogP contribution in [-0.2, 0) is 11.2 Å². The second kappa shape index (κ2) is 8.48. The summed E-state index contributed by atoms with van der Waals surface area (Å²) in [6.07, 6.45) is 1.74. The van der Waals surface area contributed by atoms with Crippen molar-refractivity contribution in [2.24, 2.45) is 0 Å². The Labute approximate surface area is 153 Å². The lowest BCUT2D eigenvalue weighted by Crippen LogP contribution is -2.46. The first-order chi connectivity index (χ1) is 12.7. The summed E-state index contributed by atoms with van der Waals surface area (Å²) in [4.78, 5) is 25.1. The average Bonchev–Trinajstić information content (AvgIpc) is 2.68. The Morgan fingerprint density at radius 1 is 1.15 bits per heavy atom. The summed E-state index contributed by atoms with van der Waals surface area (Å²) in [6.45, 7) is 6.92. The minimum absolute atomic E-state index is 0.160. The van der Waals surface area contributed by atoms with Crippen LogP contribution < -0.4 is 21.5 Å². The van der Waals surface area contributed by atoms with Crippen LogP contribution in [0.2, 0.25) is 0 Å². The predicted molar refractivity (Wildman–Crippen MR) is 103 cm³/mol. The van der Waals surface area contributed by atoms with E-state index >= 15 is 0 Å². The molecular formula is C18H25N7O. The molecule has 8 heteroatoms. The molecule has 3 rings (SSSR count). The summed E-state index contributed by atoms with van der Waals surface area (Å²) in [5, 5.41) is 0. The number of aromatic nitrogens is 2. The van der Waals surface area contributed by atoms with E-state index in [0.717, 1.165) is 38.3 Å². The highest BCUT2D eigenvalue weighted by molar-refractivity contribution is 5.82. The van der Waals surface area contributed by atoms with E-state index in [2.05, 4.69) is 37.5 Å². The third-order valence-electron chi connectivity index (χ3n) is 4.51. The van der Waals surface area contributed by atoms with Crippen molar-refractivity contribution in [2.75, 3.05) is 48.8 Å². The van der Waals surface area contributed by atoms with Gasteiger partial charge in [-0.1, -0.05) is 37.3 Å². The molecule has 1 aliphatic rings. The Balaban J connectivity index is 1.59. The molecule has 2 aromatic rings. The van der Waals surface area contributed by atoms with E-state index in [-0.39, 0.29) is 12.3 Å². The van der Waals surface area contributed by atoms with E-state index in [1.165, 1.54) is 6.33 Å². The molecule has 0 aliphatic carbocycles. The smallest absolute Gasteiger partial charge is 0.242 e. The molecule has 0 spiro atoms. The first-order valence-electron chi connectivity index (χ1n) is 8.84. The summed E-state index contributed by atoms with van der Waals surface area (Å²) in [5.41, 5.74) is 13.1. The van der Waals surface area contributed by atoms with Crippen LogP contribution in [0.3, 0.4) is 0 Å². The standard InChI is InChI=1S/C18H25N7O/c1-2-24-8-10-25(11-9-24)18-16(19)17(20-13-21-18)23-22-15(26)12-14-6-4-3-5-7-14/h3-7,13H,2,8-12,19H2,1H3,(H,22,26)(H,20,21,23). The minimum atomic E-state index is -0.160. The van der Waals surface area contributed by atoms with E-state index in [4.69, 9.17) is 5.73 Å². The van der Waals surface area contributed by atoms with Gasteiger partial charge in [-0.05, 0) is 12.1 Å². The number of rotatable bonds is 6. The number of hydrogen-bond acceptors (Lipinski definition) is 7. The van der Waals surface area contributed by atoms with Crippen LogP contribution in [0.25, 0.3) is 0 Å².